The first-order chi connectivity index (χ1) is 50.7. The number of rotatable bonds is 74. The van der Waals surface area contributed by atoms with Crippen molar-refractivity contribution in [1.29, 1.82) is 0 Å². The van der Waals surface area contributed by atoms with Crippen molar-refractivity contribution >= 4 is 39.5 Å². The number of phosphoric acid groups is 2. The second-order valence-electron chi connectivity index (χ2n) is 26.2. The van der Waals surface area contributed by atoms with Gasteiger partial charge in [-0.15, -0.1) is 0 Å². The topological polar surface area (TPSA) is 237 Å². The van der Waals surface area contributed by atoms with Gasteiger partial charge < -0.3 is 33.8 Å². The number of carbonyl (C=O) groups excluding carboxylic acids is 4. The summed E-state index contributed by atoms with van der Waals surface area (Å²) in [6, 6.07) is 0. The van der Waals surface area contributed by atoms with Gasteiger partial charge in [-0.2, -0.15) is 0 Å². The molecule has 594 valence electrons. The lowest BCUT2D eigenvalue weighted by Gasteiger charge is -2.21. The first-order valence-electron chi connectivity index (χ1n) is 40.1. The standard InChI is InChI=1S/C85H142O17P2/c1-5-9-13-17-21-25-29-32-35-38-39-42-44-47-51-54-58-62-66-70-83(88)96-76-81(102-85(90)72-68-64-60-56-52-48-45-41-37-34-31-27-23-19-15-11-7-3)78-100-104(93,94)98-74-79(86)73-97-103(91,92)99-77-80(101-84(89)71-67-63-59-55-49-28-24-20-16-12-8-4)75-95-82(87)69-65-61-57-53-50-46-43-40-36-33-30-26-22-18-14-10-6-2/h10-11,14-15,20-27,32-37,39,42-43,46,53,57,79-81,86H,5-9,12-13,16-19,28-31,38,40-41,44-45,47-52,54-56,58-78H2,1-4H3,(H,91,92)(H,93,94)/b14-10-,15-11-,24-20-,25-21-,26-22-,27-23-,35-32-,36-33-,37-34-,42-39-,46-43-,57-53-. The van der Waals surface area contributed by atoms with Crippen LogP contribution >= 0.6 is 15.6 Å². The van der Waals surface area contributed by atoms with Crippen molar-refractivity contribution in [3.8, 4) is 0 Å². The van der Waals surface area contributed by atoms with Gasteiger partial charge in [-0.25, -0.2) is 9.13 Å². The molecule has 104 heavy (non-hydrogen) atoms. The van der Waals surface area contributed by atoms with Crippen LogP contribution in [0.3, 0.4) is 0 Å². The maximum atomic E-state index is 13.1. The fourth-order valence-corrected chi connectivity index (χ4v) is 11.8. The van der Waals surface area contributed by atoms with Gasteiger partial charge in [-0.05, 0) is 154 Å². The molecule has 17 nitrogen and oxygen atoms in total. The van der Waals surface area contributed by atoms with Crippen molar-refractivity contribution in [3.05, 3.63) is 146 Å². The van der Waals surface area contributed by atoms with Crippen LogP contribution in [0.1, 0.15) is 310 Å². The lowest BCUT2D eigenvalue weighted by molar-refractivity contribution is -0.161. The molecule has 0 aromatic carbocycles. The van der Waals surface area contributed by atoms with Gasteiger partial charge in [-0.1, -0.05) is 276 Å². The van der Waals surface area contributed by atoms with E-state index in [2.05, 4.69) is 161 Å². The summed E-state index contributed by atoms with van der Waals surface area (Å²) in [5.41, 5.74) is 0. The monoisotopic (exact) mass is 1500 g/mol. The van der Waals surface area contributed by atoms with Crippen LogP contribution in [0.2, 0.25) is 0 Å². The zero-order chi connectivity index (χ0) is 76.0. The Morgan fingerprint density at radius 1 is 0.279 bits per heavy atom. The Labute approximate surface area is 630 Å². The summed E-state index contributed by atoms with van der Waals surface area (Å²) < 4.78 is 68.5. The number of unbranched alkanes of at least 4 members (excludes halogenated alkanes) is 24. The molecule has 5 atom stereocenters. The molecule has 0 radical (unpaired) electrons. The Morgan fingerprint density at radius 3 is 0.846 bits per heavy atom. The highest BCUT2D eigenvalue weighted by Gasteiger charge is 2.30. The summed E-state index contributed by atoms with van der Waals surface area (Å²) in [5.74, 6) is -2.28. The second kappa shape index (κ2) is 76.1. The Hall–Kier alpha value is -5.06. The van der Waals surface area contributed by atoms with Gasteiger partial charge in [0.15, 0.2) is 12.2 Å². The number of phosphoric ester groups is 2. The van der Waals surface area contributed by atoms with Crippen molar-refractivity contribution in [2.24, 2.45) is 0 Å². The van der Waals surface area contributed by atoms with Crippen LogP contribution in [0.15, 0.2) is 146 Å². The van der Waals surface area contributed by atoms with Crippen molar-refractivity contribution in [1.82, 2.24) is 0 Å². The third kappa shape index (κ3) is 75.2. The largest absolute Gasteiger partial charge is 0.472 e. The average Bonchev–Trinajstić information content (AvgIpc) is 0.906. The molecule has 0 aliphatic carbocycles. The van der Waals surface area contributed by atoms with Gasteiger partial charge in [-0.3, -0.25) is 37.3 Å². The lowest BCUT2D eigenvalue weighted by Crippen LogP contribution is -2.30. The van der Waals surface area contributed by atoms with Crippen LogP contribution in [0, 0.1) is 0 Å². The number of hydrogen-bond donors (Lipinski definition) is 3. The molecule has 0 saturated heterocycles. The summed E-state index contributed by atoms with van der Waals surface area (Å²) in [7, 11) is -9.99. The average molecular weight is 1500 g/mol. The molecule has 19 heteroatoms. The molecule has 0 aliphatic heterocycles. The number of esters is 4. The lowest BCUT2D eigenvalue weighted by atomic mass is 10.1. The van der Waals surface area contributed by atoms with E-state index >= 15 is 0 Å². The zero-order valence-corrected chi connectivity index (χ0v) is 66.7. The summed E-state index contributed by atoms with van der Waals surface area (Å²) in [6.07, 6.45) is 86.9. The predicted molar refractivity (Wildman–Crippen MR) is 427 cm³/mol. The van der Waals surface area contributed by atoms with Crippen molar-refractivity contribution in [2.75, 3.05) is 39.6 Å². The van der Waals surface area contributed by atoms with Crippen molar-refractivity contribution in [2.45, 2.75) is 329 Å². The van der Waals surface area contributed by atoms with Gasteiger partial charge in [0.2, 0.25) is 0 Å². The maximum Gasteiger partial charge on any atom is 0.472 e. The predicted octanol–water partition coefficient (Wildman–Crippen LogP) is 23.4. The van der Waals surface area contributed by atoms with E-state index in [4.69, 9.17) is 37.0 Å². The molecule has 0 amide bonds. The van der Waals surface area contributed by atoms with E-state index < -0.39 is 97.5 Å². The number of carbonyl (C=O) groups is 4. The first-order valence-corrected chi connectivity index (χ1v) is 43.1. The third-order valence-electron chi connectivity index (χ3n) is 16.3. The summed E-state index contributed by atoms with van der Waals surface area (Å²) >= 11 is 0. The van der Waals surface area contributed by atoms with Gasteiger partial charge >= 0.3 is 39.5 Å². The fourth-order valence-electron chi connectivity index (χ4n) is 10.2. The van der Waals surface area contributed by atoms with Crippen LogP contribution in [0.4, 0.5) is 0 Å². The smallest absolute Gasteiger partial charge is 0.462 e. The van der Waals surface area contributed by atoms with Crippen LogP contribution in [0.25, 0.3) is 0 Å². The van der Waals surface area contributed by atoms with Crippen LogP contribution in [-0.2, 0) is 65.4 Å². The first kappa shape index (κ1) is 98.9. The molecule has 0 aromatic rings. The minimum Gasteiger partial charge on any atom is -0.462 e. The molecule has 0 saturated carbocycles. The van der Waals surface area contributed by atoms with E-state index in [1.54, 1.807) is 0 Å². The van der Waals surface area contributed by atoms with E-state index in [0.717, 1.165) is 193 Å². The number of aliphatic hydroxyl groups is 1. The van der Waals surface area contributed by atoms with Crippen LogP contribution in [-0.4, -0.2) is 96.7 Å². The molecule has 0 aliphatic rings. The summed E-state index contributed by atoms with van der Waals surface area (Å²) in [5, 5.41) is 10.6. The van der Waals surface area contributed by atoms with Crippen LogP contribution in [0.5, 0.6) is 0 Å². The molecular weight excluding hydrogens is 1350 g/mol. The highest BCUT2D eigenvalue weighted by Crippen LogP contribution is 2.45. The molecule has 5 unspecified atom stereocenters. The second-order valence-corrected chi connectivity index (χ2v) is 29.1. The van der Waals surface area contributed by atoms with E-state index in [1.165, 1.54) is 32.1 Å². The van der Waals surface area contributed by atoms with E-state index in [0.29, 0.717) is 32.1 Å². The third-order valence-corrected chi connectivity index (χ3v) is 18.2. The Balaban J connectivity index is 5.40. The number of hydrogen-bond acceptors (Lipinski definition) is 15. The summed E-state index contributed by atoms with van der Waals surface area (Å²) in [4.78, 5) is 73.0. The highest BCUT2D eigenvalue weighted by molar-refractivity contribution is 7.47. The Morgan fingerprint density at radius 2 is 0.519 bits per heavy atom. The van der Waals surface area contributed by atoms with Gasteiger partial charge in [0.05, 0.1) is 26.4 Å². The molecule has 0 rings (SSSR count). The Bertz CT molecular complexity index is 2540. The molecule has 0 aromatic heterocycles. The quantitative estimate of drug-likeness (QED) is 0.0169. The molecular formula is C85H142O17P2. The molecule has 3 N–H and O–H groups in total. The van der Waals surface area contributed by atoms with E-state index in [1.807, 2.05) is 12.2 Å². The number of ether oxygens (including phenoxy) is 4. The van der Waals surface area contributed by atoms with Gasteiger partial charge in [0.25, 0.3) is 0 Å². The van der Waals surface area contributed by atoms with Crippen LogP contribution < -0.4 is 0 Å². The zero-order valence-electron chi connectivity index (χ0n) is 64.9. The van der Waals surface area contributed by atoms with E-state index in [-0.39, 0.29) is 25.7 Å². The SMILES string of the molecule is CC/C=C\C/C=C\C/C=C\C/C=C\C/C=C\CCCC(=O)OCC(COP(=O)(O)OCC(O)COP(=O)(O)OCC(COC(=O)CCCCCCCC/C=C\C/C=C\C/C=C\CCCCC)OC(=O)CCCCCCCCC/C=C\C/C=C\C/C=C\CC)OC(=O)CCCCCCC/C=C\CCCC. The molecule has 0 fully saturated rings. The minimum absolute atomic E-state index is 0.0683. The van der Waals surface area contributed by atoms with E-state index in [9.17, 15) is 43.2 Å². The highest BCUT2D eigenvalue weighted by atomic mass is 31.2. The van der Waals surface area contributed by atoms with Gasteiger partial charge in [0, 0.05) is 25.7 Å². The van der Waals surface area contributed by atoms with Gasteiger partial charge in [0.1, 0.15) is 19.3 Å². The molecule has 0 bridgehead atoms. The molecule has 0 spiro atoms. The van der Waals surface area contributed by atoms with Crippen molar-refractivity contribution in [3.63, 3.8) is 0 Å². The maximum absolute atomic E-state index is 13.1. The number of aliphatic hydroxyl groups excluding tert-OH is 1. The number of allylic oxidation sites excluding steroid dienone is 24. The molecule has 0 heterocycles. The summed E-state index contributed by atoms with van der Waals surface area (Å²) in [6.45, 7) is 4.49. The van der Waals surface area contributed by atoms with Crippen molar-refractivity contribution < 1.29 is 80.2 Å². The fraction of sp³-hybridized carbons (Fsp3) is 0.671. The Kier molecular flexibility index (Phi) is 72.4. The normalized spacial score (nSPS) is 14.6. The minimum atomic E-state index is -4.99.